The van der Waals surface area contributed by atoms with Gasteiger partial charge in [-0.05, 0) is 0 Å². The molecular formula is C6H12O8S. The third-order valence-electron chi connectivity index (χ3n) is 2.06. The molecule has 1 aliphatic heterocycles. The van der Waals surface area contributed by atoms with Gasteiger partial charge in [0.05, 0.1) is 0 Å². The van der Waals surface area contributed by atoms with Crippen LogP contribution in [0.25, 0.3) is 0 Å². The van der Waals surface area contributed by atoms with Crippen molar-refractivity contribution in [1.82, 2.24) is 0 Å². The van der Waals surface area contributed by atoms with Crippen LogP contribution in [-0.2, 0) is 14.9 Å². The zero-order valence-corrected chi connectivity index (χ0v) is 8.28. The van der Waals surface area contributed by atoms with Gasteiger partial charge in [0.2, 0.25) is 0 Å². The summed E-state index contributed by atoms with van der Waals surface area (Å²) in [5.41, 5.74) is 0. The van der Waals surface area contributed by atoms with E-state index in [1.807, 2.05) is 0 Å². The molecule has 5 N–H and O–H groups in total. The maximum Gasteiger partial charge on any atom is 0.267 e. The van der Waals surface area contributed by atoms with Gasteiger partial charge in [-0.15, -0.1) is 0 Å². The van der Waals surface area contributed by atoms with Gasteiger partial charge in [-0.3, -0.25) is 4.55 Å². The molecule has 1 unspecified atom stereocenters. The lowest BCUT2D eigenvalue weighted by Crippen LogP contribution is -2.59. The van der Waals surface area contributed by atoms with Crippen molar-refractivity contribution in [2.75, 3.05) is 5.75 Å². The molecule has 0 spiro atoms. The first-order valence-electron chi connectivity index (χ1n) is 4.05. The van der Waals surface area contributed by atoms with Gasteiger partial charge in [-0.2, -0.15) is 8.42 Å². The minimum atomic E-state index is -4.41. The van der Waals surface area contributed by atoms with Crippen molar-refractivity contribution < 1.29 is 38.1 Å². The molecule has 1 saturated heterocycles. The summed E-state index contributed by atoms with van der Waals surface area (Å²) in [4.78, 5) is 0. The van der Waals surface area contributed by atoms with E-state index in [0.717, 1.165) is 0 Å². The van der Waals surface area contributed by atoms with Gasteiger partial charge in [-0.1, -0.05) is 0 Å². The van der Waals surface area contributed by atoms with Crippen LogP contribution in [0.15, 0.2) is 0 Å². The monoisotopic (exact) mass is 244 g/mol. The molecule has 1 rings (SSSR count). The molecule has 9 heteroatoms. The largest absolute Gasteiger partial charge is 0.388 e. The lowest BCUT2D eigenvalue weighted by Gasteiger charge is -2.37. The topological polar surface area (TPSA) is 145 Å². The van der Waals surface area contributed by atoms with E-state index in [4.69, 9.17) is 19.9 Å². The van der Waals surface area contributed by atoms with Crippen molar-refractivity contribution in [2.24, 2.45) is 0 Å². The van der Waals surface area contributed by atoms with Gasteiger partial charge in [-0.25, -0.2) is 0 Å². The standard InChI is InChI=1S/C6H12O8S/c7-3-2(1-15(11,12)13)14-6(10)5(9)4(3)8/h2-10H,1H2,(H,11,12,13)/t2-,3+,4+,5-,6?/m1/s1. The van der Waals surface area contributed by atoms with Crippen LogP contribution in [0.5, 0.6) is 0 Å². The van der Waals surface area contributed by atoms with Gasteiger partial charge in [0.25, 0.3) is 10.1 Å². The van der Waals surface area contributed by atoms with Crippen LogP contribution >= 0.6 is 0 Å². The van der Waals surface area contributed by atoms with Crippen molar-refractivity contribution in [1.29, 1.82) is 0 Å². The Morgan fingerprint density at radius 1 is 1.00 bits per heavy atom. The van der Waals surface area contributed by atoms with Crippen LogP contribution in [0, 0.1) is 0 Å². The average Bonchev–Trinajstić information content (AvgIpc) is 2.08. The normalized spacial score (nSPS) is 42.9. The lowest BCUT2D eigenvalue weighted by atomic mass is 10.0. The molecule has 0 aromatic heterocycles. The number of aliphatic hydroxyl groups is 4. The number of aliphatic hydroxyl groups excluding tert-OH is 4. The van der Waals surface area contributed by atoms with E-state index in [1.165, 1.54) is 0 Å². The van der Waals surface area contributed by atoms with Crippen molar-refractivity contribution in [2.45, 2.75) is 30.7 Å². The van der Waals surface area contributed by atoms with Crippen molar-refractivity contribution in [3.63, 3.8) is 0 Å². The molecule has 0 aliphatic carbocycles. The number of hydrogen-bond acceptors (Lipinski definition) is 7. The van der Waals surface area contributed by atoms with Gasteiger partial charge in [0.1, 0.15) is 30.2 Å². The van der Waals surface area contributed by atoms with Gasteiger partial charge in [0, 0.05) is 0 Å². The summed E-state index contributed by atoms with van der Waals surface area (Å²) < 4.78 is 34.0. The fraction of sp³-hybridized carbons (Fsp3) is 1.00. The van der Waals surface area contributed by atoms with E-state index in [9.17, 15) is 13.5 Å². The van der Waals surface area contributed by atoms with Crippen LogP contribution in [0.4, 0.5) is 0 Å². The summed E-state index contributed by atoms with van der Waals surface area (Å²) in [6.45, 7) is 0. The summed E-state index contributed by atoms with van der Waals surface area (Å²) in [7, 11) is -4.41. The Kier molecular flexibility index (Phi) is 3.66. The highest BCUT2D eigenvalue weighted by molar-refractivity contribution is 7.85. The Bertz CT molecular complexity index is 313. The second-order valence-corrected chi connectivity index (χ2v) is 4.78. The minimum absolute atomic E-state index is 0.977. The van der Waals surface area contributed by atoms with E-state index in [0.29, 0.717) is 0 Å². The molecule has 0 radical (unpaired) electrons. The third kappa shape index (κ3) is 3.08. The lowest BCUT2D eigenvalue weighted by molar-refractivity contribution is -0.276. The molecule has 1 heterocycles. The fourth-order valence-corrected chi connectivity index (χ4v) is 1.97. The number of ether oxygens (including phenoxy) is 1. The van der Waals surface area contributed by atoms with E-state index < -0.39 is 46.6 Å². The first-order valence-corrected chi connectivity index (χ1v) is 5.66. The Morgan fingerprint density at radius 2 is 1.53 bits per heavy atom. The smallest absolute Gasteiger partial charge is 0.267 e. The Hall–Kier alpha value is -0.290. The van der Waals surface area contributed by atoms with E-state index in [1.54, 1.807) is 0 Å². The predicted octanol–water partition coefficient (Wildman–Crippen LogP) is -3.33. The molecule has 15 heavy (non-hydrogen) atoms. The quantitative estimate of drug-likeness (QED) is 0.317. The fourth-order valence-electron chi connectivity index (χ4n) is 1.28. The minimum Gasteiger partial charge on any atom is -0.388 e. The average molecular weight is 244 g/mol. The van der Waals surface area contributed by atoms with Gasteiger partial charge in [0.15, 0.2) is 6.29 Å². The van der Waals surface area contributed by atoms with E-state index in [-0.39, 0.29) is 0 Å². The SMILES string of the molecule is O=S(=O)(O)C[C@H]1OC(O)[C@H](O)[C@@H](O)[C@H]1O. The maximum atomic E-state index is 10.5. The maximum absolute atomic E-state index is 10.5. The second kappa shape index (κ2) is 4.29. The zero-order chi connectivity index (χ0) is 11.8. The van der Waals surface area contributed by atoms with E-state index >= 15 is 0 Å². The van der Waals surface area contributed by atoms with E-state index in [2.05, 4.69) is 4.74 Å². The van der Waals surface area contributed by atoms with Gasteiger partial charge < -0.3 is 25.2 Å². The molecule has 0 aromatic carbocycles. The second-order valence-electron chi connectivity index (χ2n) is 3.29. The molecule has 0 bridgehead atoms. The highest BCUT2D eigenvalue weighted by Gasteiger charge is 2.44. The molecule has 0 aromatic rings. The van der Waals surface area contributed by atoms with Crippen LogP contribution in [0.3, 0.4) is 0 Å². The van der Waals surface area contributed by atoms with Crippen molar-refractivity contribution >= 4 is 10.1 Å². The Balaban J connectivity index is 2.75. The Morgan fingerprint density at radius 3 is 2.00 bits per heavy atom. The van der Waals surface area contributed by atoms with Crippen LogP contribution in [0.1, 0.15) is 0 Å². The number of rotatable bonds is 2. The highest BCUT2D eigenvalue weighted by Crippen LogP contribution is 2.20. The first kappa shape index (κ1) is 12.8. The van der Waals surface area contributed by atoms with Crippen LogP contribution < -0.4 is 0 Å². The summed E-state index contributed by atoms with van der Waals surface area (Å²) in [5.74, 6) is -0.977. The molecule has 5 atom stereocenters. The van der Waals surface area contributed by atoms with Crippen LogP contribution in [0.2, 0.25) is 0 Å². The third-order valence-corrected chi connectivity index (χ3v) is 2.81. The van der Waals surface area contributed by atoms with Crippen molar-refractivity contribution in [3.8, 4) is 0 Å². The Labute approximate surface area is 85.5 Å². The number of hydrogen-bond donors (Lipinski definition) is 5. The molecule has 1 fully saturated rings. The highest BCUT2D eigenvalue weighted by atomic mass is 32.2. The predicted molar refractivity (Wildman–Crippen MR) is 45.3 cm³/mol. The summed E-state index contributed by atoms with van der Waals surface area (Å²) in [6.07, 6.45) is -8.47. The first-order chi connectivity index (χ1) is 6.72. The summed E-state index contributed by atoms with van der Waals surface area (Å²) >= 11 is 0. The molecule has 0 saturated carbocycles. The summed E-state index contributed by atoms with van der Waals surface area (Å²) in [6, 6.07) is 0. The molecule has 0 amide bonds. The van der Waals surface area contributed by atoms with Crippen LogP contribution in [-0.4, -0.2) is 69.9 Å². The molecule has 90 valence electrons. The zero-order valence-electron chi connectivity index (χ0n) is 7.46. The molecule has 8 nitrogen and oxygen atoms in total. The van der Waals surface area contributed by atoms with Crippen molar-refractivity contribution in [3.05, 3.63) is 0 Å². The molecular weight excluding hydrogens is 232 g/mol. The summed E-state index contributed by atoms with van der Waals surface area (Å²) in [5, 5.41) is 36.5. The van der Waals surface area contributed by atoms with Gasteiger partial charge >= 0.3 is 0 Å². The molecule has 1 aliphatic rings.